The molecule has 0 bridgehead atoms. The summed E-state index contributed by atoms with van der Waals surface area (Å²) in [6.07, 6.45) is -1.13. The van der Waals surface area contributed by atoms with Gasteiger partial charge in [0, 0.05) is 5.92 Å². The Kier molecular flexibility index (Phi) is 1.51. The third-order valence-corrected chi connectivity index (χ3v) is 1.42. The topological polar surface area (TPSA) is 53.0 Å². The van der Waals surface area contributed by atoms with Crippen molar-refractivity contribution >= 4 is 0 Å². The summed E-state index contributed by atoms with van der Waals surface area (Å²) in [6, 6.07) is 0. The molecule has 0 saturated carbocycles. The number of aliphatic hydroxyl groups is 2. The molecule has 3 nitrogen and oxygen atoms in total. The summed E-state index contributed by atoms with van der Waals surface area (Å²) in [5.74, 6) is -0.130. The second-order valence-corrected chi connectivity index (χ2v) is 2.14. The van der Waals surface area contributed by atoms with Gasteiger partial charge < -0.3 is 14.9 Å². The second-order valence-electron chi connectivity index (χ2n) is 2.14. The number of epoxide rings is 1. The van der Waals surface area contributed by atoms with Crippen LogP contribution >= 0.6 is 0 Å². The highest BCUT2D eigenvalue weighted by molar-refractivity contribution is 4.76. The van der Waals surface area contributed by atoms with Crippen molar-refractivity contribution in [2.75, 3.05) is 6.61 Å². The lowest BCUT2D eigenvalue weighted by atomic mass is 10.1. The van der Waals surface area contributed by atoms with Gasteiger partial charge in [0.25, 0.3) is 0 Å². The van der Waals surface area contributed by atoms with Crippen LogP contribution in [0.4, 0.5) is 0 Å². The third-order valence-electron chi connectivity index (χ3n) is 1.42. The van der Waals surface area contributed by atoms with Gasteiger partial charge in [0.2, 0.25) is 0 Å². The van der Waals surface area contributed by atoms with Crippen LogP contribution in [-0.4, -0.2) is 29.2 Å². The molecule has 0 radical (unpaired) electrons. The van der Waals surface area contributed by atoms with Crippen LogP contribution in [0, 0.1) is 5.92 Å². The molecule has 2 unspecified atom stereocenters. The lowest BCUT2D eigenvalue weighted by molar-refractivity contribution is -0.0844. The number of rotatable bonds is 2. The van der Waals surface area contributed by atoms with Gasteiger partial charge in [0.05, 0.1) is 12.7 Å². The molecule has 1 saturated heterocycles. The first kappa shape index (κ1) is 6.01. The molecule has 2 atom stereocenters. The van der Waals surface area contributed by atoms with Gasteiger partial charge in [-0.3, -0.25) is 0 Å². The van der Waals surface area contributed by atoms with Gasteiger partial charge in [-0.15, -0.1) is 0 Å². The smallest absolute Gasteiger partial charge is 0.156 e. The summed E-state index contributed by atoms with van der Waals surface area (Å²) < 4.78 is 4.81. The Morgan fingerprint density at radius 1 is 1.62 bits per heavy atom. The van der Waals surface area contributed by atoms with Crippen LogP contribution in [0.2, 0.25) is 0 Å². The van der Waals surface area contributed by atoms with Gasteiger partial charge in [-0.1, -0.05) is 6.92 Å². The second kappa shape index (κ2) is 2.01. The van der Waals surface area contributed by atoms with Gasteiger partial charge in [0.15, 0.2) is 6.29 Å². The number of hydrogen-bond acceptors (Lipinski definition) is 3. The molecule has 48 valence electrons. The summed E-state index contributed by atoms with van der Waals surface area (Å²) in [6.45, 7) is 2.43. The van der Waals surface area contributed by atoms with Gasteiger partial charge in [-0.05, 0) is 0 Å². The first-order valence-electron chi connectivity index (χ1n) is 2.69. The van der Waals surface area contributed by atoms with E-state index in [9.17, 15) is 0 Å². The van der Waals surface area contributed by atoms with Crippen LogP contribution in [0.15, 0.2) is 0 Å². The van der Waals surface area contributed by atoms with E-state index in [1.165, 1.54) is 0 Å². The summed E-state index contributed by atoms with van der Waals surface area (Å²) >= 11 is 0. The summed E-state index contributed by atoms with van der Waals surface area (Å²) in [5, 5.41) is 17.0. The van der Waals surface area contributed by atoms with Crippen LogP contribution in [0.3, 0.4) is 0 Å². The van der Waals surface area contributed by atoms with Crippen LogP contribution in [0.5, 0.6) is 0 Å². The SMILES string of the molecule is CC(C(O)O)C1CO1. The van der Waals surface area contributed by atoms with Crippen molar-refractivity contribution in [2.45, 2.75) is 19.3 Å². The maximum absolute atomic E-state index is 8.51. The fraction of sp³-hybridized carbons (Fsp3) is 1.00. The van der Waals surface area contributed by atoms with Crippen LogP contribution in [0.1, 0.15) is 6.92 Å². The monoisotopic (exact) mass is 118 g/mol. The highest BCUT2D eigenvalue weighted by atomic mass is 16.6. The predicted molar refractivity (Wildman–Crippen MR) is 27.1 cm³/mol. The van der Waals surface area contributed by atoms with E-state index >= 15 is 0 Å². The molecule has 0 aliphatic carbocycles. The maximum atomic E-state index is 8.51. The van der Waals surface area contributed by atoms with Crippen molar-refractivity contribution in [3.63, 3.8) is 0 Å². The van der Waals surface area contributed by atoms with Gasteiger partial charge in [-0.2, -0.15) is 0 Å². The number of hydrogen-bond donors (Lipinski definition) is 2. The van der Waals surface area contributed by atoms with Crippen molar-refractivity contribution in [2.24, 2.45) is 5.92 Å². The third kappa shape index (κ3) is 1.18. The lowest BCUT2D eigenvalue weighted by Crippen LogP contribution is -2.21. The quantitative estimate of drug-likeness (QED) is 0.373. The van der Waals surface area contributed by atoms with Gasteiger partial charge in [0.1, 0.15) is 0 Å². The van der Waals surface area contributed by atoms with E-state index in [1.54, 1.807) is 6.92 Å². The van der Waals surface area contributed by atoms with Gasteiger partial charge >= 0.3 is 0 Å². The molecule has 0 amide bonds. The minimum Gasteiger partial charge on any atom is -0.373 e. The summed E-state index contributed by atoms with van der Waals surface area (Å²) in [7, 11) is 0. The Balaban J connectivity index is 2.22. The van der Waals surface area contributed by atoms with Crippen molar-refractivity contribution < 1.29 is 14.9 Å². The first-order valence-corrected chi connectivity index (χ1v) is 2.69. The highest BCUT2D eigenvalue weighted by Crippen LogP contribution is 2.21. The molecule has 1 aliphatic heterocycles. The zero-order chi connectivity index (χ0) is 6.15. The Labute approximate surface area is 47.9 Å². The maximum Gasteiger partial charge on any atom is 0.156 e. The number of ether oxygens (including phenoxy) is 1. The molecule has 1 rings (SSSR count). The molecular weight excluding hydrogens is 108 g/mol. The predicted octanol–water partition coefficient (Wildman–Crippen LogP) is -0.668. The summed E-state index contributed by atoms with van der Waals surface area (Å²) in [4.78, 5) is 0. The minimum absolute atomic E-state index is 0.0926. The van der Waals surface area contributed by atoms with Crippen molar-refractivity contribution in [1.29, 1.82) is 0 Å². The molecule has 0 aromatic rings. The fourth-order valence-electron chi connectivity index (χ4n) is 0.551. The van der Waals surface area contributed by atoms with Crippen molar-refractivity contribution in [1.82, 2.24) is 0 Å². The van der Waals surface area contributed by atoms with Crippen molar-refractivity contribution in [3.8, 4) is 0 Å². The van der Waals surface area contributed by atoms with Crippen LogP contribution in [0.25, 0.3) is 0 Å². The number of aliphatic hydroxyl groups excluding tert-OH is 1. The van der Waals surface area contributed by atoms with E-state index in [2.05, 4.69) is 0 Å². The average molecular weight is 118 g/mol. The molecule has 8 heavy (non-hydrogen) atoms. The zero-order valence-corrected chi connectivity index (χ0v) is 4.74. The first-order chi connectivity index (χ1) is 3.72. The Morgan fingerprint density at radius 3 is 2.25 bits per heavy atom. The van der Waals surface area contributed by atoms with E-state index in [0.717, 1.165) is 0 Å². The molecule has 3 heteroatoms. The molecule has 0 aromatic carbocycles. The van der Waals surface area contributed by atoms with Crippen LogP contribution < -0.4 is 0 Å². The van der Waals surface area contributed by atoms with Gasteiger partial charge in [-0.25, -0.2) is 0 Å². The molecule has 1 heterocycles. The molecular formula is C5H10O3. The standard InChI is InChI=1S/C5H10O3/c1-3(5(6)7)4-2-8-4/h3-7H,2H2,1H3. The van der Waals surface area contributed by atoms with E-state index < -0.39 is 6.29 Å². The molecule has 0 aromatic heterocycles. The van der Waals surface area contributed by atoms with E-state index in [0.29, 0.717) is 6.61 Å². The molecule has 2 N–H and O–H groups in total. The molecule has 0 spiro atoms. The van der Waals surface area contributed by atoms with Crippen LogP contribution in [-0.2, 0) is 4.74 Å². The Hall–Kier alpha value is -0.120. The minimum atomic E-state index is -1.22. The molecule has 1 fully saturated rings. The normalized spacial score (nSPS) is 30.8. The zero-order valence-electron chi connectivity index (χ0n) is 4.74. The largest absolute Gasteiger partial charge is 0.373 e. The summed E-state index contributed by atoms with van der Waals surface area (Å²) in [5.41, 5.74) is 0. The average Bonchev–Trinajstić information content (AvgIpc) is 2.43. The highest BCUT2D eigenvalue weighted by Gasteiger charge is 2.32. The van der Waals surface area contributed by atoms with E-state index in [1.807, 2.05) is 0 Å². The Bertz CT molecular complexity index is 75.7. The van der Waals surface area contributed by atoms with E-state index in [4.69, 9.17) is 14.9 Å². The fourth-order valence-corrected chi connectivity index (χ4v) is 0.551. The molecule has 1 aliphatic rings. The van der Waals surface area contributed by atoms with Crippen molar-refractivity contribution in [3.05, 3.63) is 0 Å². The lowest BCUT2D eigenvalue weighted by Gasteiger charge is -2.08. The Morgan fingerprint density at radius 2 is 2.12 bits per heavy atom. The van der Waals surface area contributed by atoms with E-state index in [-0.39, 0.29) is 12.0 Å².